The summed E-state index contributed by atoms with van der Waals surface area (Å²) < 4.78 is 0. The Morgan fingerprint density at radius 2 is 2.00 bits per heavy atom. The second kappa shape index (κ2) is 7.51. The molecule has 2 N–H and O–H groups in total. The summed E-state index contributed by atoms with van der Waals surface area (Å²) >= 11 is 0. The van der Waals surface area contributed by atoms with Gasteiger partial charge < -0.3 is 10.6 Å². The smallest absolute Gasteiger partial charge is 0.239 e. The molecule has 0 saturated heterocycles. The predicted octanol–water partition coefficient (Wildman–Crippen LogP) is 2.58. The molecule has 19 heavy (non-hydrogen) atoms. The van der Waals surface area contributed by atoms with E-state index in [0.717, 1.165) is 6.54 Å². The highest BCUT2D eigenvalue weighted by atomic mass is 35.5. The van der Waals surface area contributed by atoms with Crippen molar-refractivity contribution < 1.29 is 4.79 Å². The van der Waals surface area contributed by atoms with Crippen LogP contribution in [0.3, 0.4) is 0 Å². The summed E-state index contributed by atoms with van der Waals surface area (Å²) in [4.78, 5) is 14.0. The number of rotatable bonds is 5. The Bertz CT molecular complexity index is 390. The van der Waals surface area contributed by atoms with E-state index in [4.69, 9.17) is 5.73 Å². The molecule has 4 heteroatoms. The lowest BCUT2D eigenvalue weighted by atomic mass is 9.85. The molecule has 0 aliphatic heterocycles. The molecule has 0 aromatic heterocycles. The summed E-state index contributed by atoms with van der Waals surface area (Å²) in [6.45, 7) is 3.30. The molecule has 1 aromatic rings. The predicted molar refractivity (Wildman–Crippen MR) is 80.1 cm³/mol. The van der Waals surface area contributed by atoms with Crippen molar-refractivity contribution >= 4 is 18.3 Å². The van der Waals surface area contributed by atoms with Gasteiger partial charge in [0.2, 0.25) is 5.91 Å². The van der Waals surface area contributed by atoms with Crippen LogP contribution in [0.2, 0.25) is 0 Å². The van der Waals surface area contributed by atoms with E-state index in [9.17, 15) is 4.79 Å². The Hall–Kier alpha value is -1.06. The third-order valence-electron chi connectivity index (χ3n) is 3.62. The molecule has 1 amide bonds. The van der Waals surface area contributed by atoms with Crippen molar-refractivity contribution in [3.63, 3.8) is 0 Å². The highest BCUT2D eigenvalue weighted by molar-refractivity contribution is 5.85. The Morgan fingerprint density at radius 3 is 2.47 bits per heavy atom. The van der Waals surface area contributed by atoms with E-state index in [0.29, 0.717) is 12.5 Å². The molecule has 0 radical (unpaired) electrons. The van der Waals surface area contributed by atoms with Gasteiger partial charge in [-0.25, -0.2) is 0 Å². The number of benzene rings is 1. The lowest BCUT2D eigenvalue weighted by molar-refractivity contribution is -0.133. The maximum atomic E-state index is 12.1. The summed E-state index contributed by atoms with van der Waals surface area (Å²) in [6, 6.07) is 9.71. The van der Waals surface area contributed by atoms with Crippen molar-refractivity contribution in [2.24, 2.45) is 11.7 Å². The molecule has 2 rings (SSSR count). The van der Waals surface area contributed by atoms with Gasteiger partial charge in [-0.2, -0.15) is 0 Å². The van der Waals surface area contributed by atoms with Gasteiger partial charge >= 0.3 is 0 Å². The summed E-state index contributed by atoms with van der Waals surface area (Å²) in [6.07, 6.45) is 3.80. The number of hydrogen-bond acceptors (Lipinski definition) is 2. The third kappa shape index (κ3) is 4.51. The van der Waals surface area contributed by atoms with Gasteiger partial charge in [-0.3, -0.25) is 4.79 Å². The Labute approximate surface area is 121 Å². The molecule has 106 valence electrons. The fourth-order valence-electron chi connectivity index (χ4n) is 2.31. The molecule has 0 spiro atoms. The highest BCUT2D eigenvalue weighted by Crippen LogP contribution is 2.27. The molecule has 1 fully saturated rings. The van der Waals surface area contributed by atoms with Crippen LogP contribution in [0.15, 0.2) is 30.3 Å². The zero-order valence-electron chi connectivity index (χ0n) is 11.4. The van der Waals surface area contributed by atoms with E-state index in [1.54, 1.807) is 6.92 Å². The quantitative estimate of drug-likeness (QED) is 0.902. The van der Waals surface area contributed by atoms with Crippen LogP contribution in [0.5, 0.6) is 0 Å². The van der Waals surface area contributed by atoms with E-state index in [2.05, 4.69) is 12.1 Å². The molecule has 0 bridgehead atoms. The summed E-state index contributed by atoms with van der Waals surface area (Å²) in [7, 11) is 0. The first-order valence-corrected chi connectivity index (χ1v) is 6.75. The van der Waals surface area contributed by atoms with Crippen molar-refractivity contribution in [1.82, 2.24) is 4.90 Å². The van der Waals surface area contributed by atoms with Crippen LogP contribution >= 0.6 is 12.4 Å². The maximum Gasteiger partial charge on any atom is 0.239 e. The zero-order valence-corrected chi connectivity index (χ0v) is 12.2. The highest BCUT2D eigenvalue weighted by Gasteiger charge is 2.25. The van der Waals surface area contributed by atoms with Crippen molar-refractivity contribution in [1.29, 1.82) is 0 Å². The van der Waals surface area contributed by atoms with Crippen LogP contribution in [-0.2, 0) is 11.3 Å². The van der Waals surface area contributed by atoms with Crippen molar-refractivity contribution in [3.8, 4) is 0 Å². The summed E-state index contributed by atoms with van der Waals surface area (Å²) in [5.74, 6) is 0.738. The van der Waals surface area contributed by atoms with Gasteiger partial charge in [0.15, 0.2) is 0 Å². The fourth-order valence-corrected chi connectivity index (χ4v) is 2.31. The number of halogens is 1. The van der Waals surface area contributed by atoms with Gasteiger partial charge in [0, 0.05) is 13.1 Å². The minimum atomic E-state index is -0.409. The van der Waals surface area contributed by atoms with Crippen LogP contribution in [0.25, 0.3) is 0 Å². The van der Waals surface area contributed by atoms with Crippen LogP contribution in [-0.4, -0.2) is 23.4 Å². The minimum absolute atomic E-state index is 0. The SMILES string of the molecule is C[C@@H](N)C(=O)N(Cc1ccccc1)CC1CCC1.Cl. The van der Waals surface area contributed by atoms with E-state index in [-0.39, 0.29) is 18.3 Å². The lowest BCUT2D eigenvalue weighted by Crippen LogP contribution is -2.44. The lowest BCUT2D eigenvalue weighted by Gasteiger charge is -2.33. The molecule has 1 atom stereocenters. The van der Waals surface area contributed by atoms with Gasteiger partial charge in [0.05, 0.1) is 6.04 Å². The summed E-state index contributed by atoms with van der Waals surface area (Å²) in [5.41, 5.74) is 6.91. The molecule has 1 aliphatic carbocycles. The number of carbonyl (C=O) groups excluding carboxylic acids is 1. The van der Waals surface area contributed by atoms with Gasteiger partial charge in [-0.1, -0.05) is 36.8 Å². The first-order valence-electron chi connectivity index (χ1n) is 6.75. The maximum absolute atomic E-state index is 12.1. The van der Waals surface area contributed by atoms with Gasteiger partial charge in [-0.15, -0.1) is 12.4 Å². The number of hydrogen-bond donors (Lipinski definition) is 1. The second-order valence-corrected chi connectivity index (χ2v) is 5.29. The minimum Gasteiger partial charge on any atom is -0.337 e. The first-order chi connectivity index (χ1) is 8.66. The molecule has 3 nitrogen and oxygen atoms in total. The third-order valence-corrected chi connectivity index (χ3v) is 3.62. The number of amides is 1. The molecule has 1 aliphatic rings. The van der Waals surface area contributed by atoms with Crippen LogP contribution < -0.4 is 5.73 Å². The van der Waals surface area contributed by atoms with Gasteiger partial charge in [-0.05, 0) is 31.2 Å². The van der Waals surface area contributed by atoms with Crippen LogP contribution in [0.4, 0.5) is 0 Å². The van der Waals surface area contributed by atoms with Crippen LogP contribution in [0, 0.1) is 5.92 Å². The topological polar surface area (TPSA) is 46.3 Å². The van der Waals surface area contributed by atoms with Gasteiger partial charge in [0.25, 0.3) is 0 Å². The standard InChI is InChI=1S/C15H22N2O.ClH/c1-12(16)15(18)17(11-14-8-5-9-14)10-13-6-3-2-4-7-13;/h2-4,6-7,12,14H,5,8-11,16H2,1H3;1H/t12-;/m1./s1. The average molecular weight is 283 g/mol. The number of nitrogens with zero attached hydrogens (tertiary/aromatic N) is 1. The van der Waals surface area contributed by atoms with E-state index < -0.39 is 6.04 Å². The molecule has 1 saturated carbocycles. The normalized spacial score (nSPS) is 16.1. The molecular weight excluding hydrogens is 260 g/mol. The molecule has 0 heterocycles. The fraction of sp³-hybridized carbons (Fsp3) is 0.533. The molecule has 1 aromatic carbocycles. The average Bonchev–Trinajstić information content (AvgIpc) is 2.32. The van der Waals surface area contributed by atoms with E-state index >= 15 is 0 Å². The molecule has 0 unspecified atom stereocenters. The van der Waals surface area contributed by atoms with Crippen LogP contribution in [0.1, 0.15) is 31.7 Å². The number of nitrogens with two attached hydrogens (primary N) is 1. The Balaban J connectivity index is 0.00000180. The van der Waals surface area contributed by atoms with Crippen molar-refractivity contribution in [3.05, 3.63) is 35.9 Å². The zero-order chi connectivity index (χ0) is 13.0. The largest absolute Gasteiger partial charge is 0.337 e. The van der Waals surface area contributed by atoms with Crippen molar-refractivity contribution in [2.45, 2.75) is 38.8 Å². The molecular formula is C15H23ClN2O. The van der Waals surface area contributed by atoms with Crippen molar-refractivity contribution in [2.75, 3.05) is 6.54 Å². The van der Waals surface area contributed by atoms with E-state index in [1.165, 1.54) is 24.8 Å². The Morgan fingerprint density at radius 1 is 1.37 bits per heavy atom. The van der Waals surface area contributed by atoms with E-state index in [1.807, 2.05) is 23.1 Å². The monoisotopic (exact) mass is 282 g/mol. The second-order valence-electron chi connectivity index (χ2n) is 5.29. The summed E-state index contributed by atoms with van der Waals surface area (Å²) in [5, 5.41) is 0. The first kappa shape index (κ1) is 16.0. The Kier molecular flexibility index (Phi) is 6.32. The number of carbonyl (C=O) groups is 1. The van der Waals surface area contributed by atoms with Gasteiger partial charge in [0.1, 0.15) is 0 Å².